The fourth-order valence-corrected chi connectivity index (χ4v) is 8.46. The highest BCUT2D eigenvalue weighted by molar-refractivity contribution is 7.95. The van der Waals surface area contributed by atoms with E-state index in [4.69, 9.17) is 20.0 Å². The van der Waals surface area contributed by atoms with Crippen molar-refractivity contribution in [2.24, 2.45) is 20.5 Å². The molecule has 0 spiro atoms. The van der Waals surface area contributed by atoms with Gasteiger partial charge in [-0.05, 0) is 96.4 Å². The van der Waals surface area contributed by atoms with Crippen molar-refractivity contribution in [1.82, 2.24) is 0 Å². The zero-order chi connectivity index (χ0) is 44.8. The van der Waals surface area contributed by atoms with Crippen LogP contribution in [0.15, 0.2) is 125 Å². The summed E-state index contributed by atoms with van der Waals surface area (Å²) in [7, 11) is -6.53. The highest BCUT2D eigenvalue weighted by Gasteiger charge is 2.20. The molecule has 0 atom stereocenters. The Hall–Kier alpha value is -5.81. The number of amides is 2. The number of hydrogen-bond donors (Lipinski definition) is 6. The Kier molecular flexibility index (Phi) is 14.4. The molecule has 0 saturated carbocycles. The maximum atomic E-state index is 13.3. The van der Waals surface area contributed by atoms with E-state index in [-0.39, 0.29) is 43.4 Å². The number of urea groups is 1. The molecule has 6 N–H and O–H groups in total. The molecule has 6 aromatic rings. The number of azo groups is 2. The summed E-state index contributed by atoms with van der Waals surface area (Å²) in [6, 6.07) is 20.0. The molecule has 324 valence electrons. The van der Waals surface area contributed by atoms with Crippen molar-refractivity contribution in [3.05, 3.63) is 96.1 Å². The van der Waals surface area contributed by atoms with Gasteiger partial charge in [-0.2, -0.15) is 37.3 Å². The Morgan fingerprint density at radius 3 is 1.53 bits per heavy atom. The molecule has 25 heteroatoms. The third-order valence-electron chi connectivity index (χ3n) is 8.70. The normalized spacial score (nSPS) is 12.1. The first-order valence-corrected chi connectivity index (χ1v) is 21.6. The lowest BCUT2D eigenvalue weighted by atomic mass is 10.1. The van der Waals surface area contributed by atoms with Crippen molar-refractivity contribution in [2.45, 2.75) is 33.4 Å². The van der Waals surface area contributed by atoms with Crippen LogP contribution in [-0.2, 0) is 39.0 Å². The predicted molar refractivity (Wildman–Crippen MR) is 225 cm³/mol. The number of hydrogen-bond acceptors (Lipinski definition) is 19. The summed E-state index contributed by atoms with van der Waals surface area (Å²) in [5.74, 6) is 0.472. The highest BCUT2D eigenvalue weighted by Crippen LogP contribution is 2.39. The smallest absolute Gasteiger partial charge is 0.323 e. The van der Waals surface area contributed by atoms with E-state index >= 15 is 0 Å². The zero-order valence-corrected chi connectivity index (χ0v) is 35.6. The Bertz CT molecular complexity index is 2990. The number of carbonyl (C=O) groups is 1. The monoisotopic (exact) mass is 928 g/mol. The third kappa shape index (κ3) is 11.0. The van der Waals surface area contributed by atoms with Gasteiger partial charge in [0.1, 0.15) is 21.3 Å². The van der Waals surface area contributed by atoms with E-state index in [9.17, 15) is 30.7 Å². The van der Waals surface area contributed by atoms with Gasteiger partial charge in [-0.3, -0.25) is 9.11 Å². The van der Waals surface area contributed by atoms with Gasteiger partial charge in [0.05, 0.1) is 72.4 Å². The van der Waals surface area contributed by atoms with Gasteiger partial charge in [-0.25, -0.2) is 15.3 Å². The van der Waals surface area contributed by atoms with E-state index in [0.29, 0.717) is 68.7 Å². The Balaban J connectivity index is 1.19. The molecule has 0 bridgehead atoms. The molecule has 0 saturated heterocycles. The first kappa shape index (κ1) is 45.7. The lowest BCUT2D eigenvalue weighted by Gasteiger charge is -2.15. The molecule has 0 aromatic heterocycles. The summed E-state index contributed by atoms with van der Waals surface area (Å²) in [6.07, 6.45) is 0. The van der Waals surface area contributed by atoms with Gasteiger partial charge in [0.2, 0.25) is 0 Å². The number of carbonyl (C=O) groups excluding carboxylic acids is 1. The second-order valence-corrected chi connectivity index (χ2v) is 17.0. The van der Waals surface area contributed by atoms with Crippen LogP contribution in [0.1, 0.15) is 11.1 Å². The molecular weight excluding hydrogens is 897 g/mol. The van der Waals surface area contributed by atoms with E-state index in [1.54, 1.807) is 50.2 Å². The number of nitrogens with one attached hydrogen (secondary N) is 2. The van der Waals surface area contributed by atoms with E-state index in [1.165, 1.54) is 50.6 Å². The SMILES string of the molecule is COc1cc(N=Nc2ccc3c(S(=O)(=O)O)cc(SOOO)cc3c2)c(C)cc1NC(=O)Nc1cc(C)c(N=Nc2ccc3cc(SOOO)cc(S(=O)(=O)O)c3c2)cc1OC. The van der Waals surface area contributed by atoms with Crippen molar-refractivity contribution >= 4 is 106 Å². The minimum Gasteiger partial charge on any atom is -0.494 e. The van der Waals surface area contributed by atoms with Crippen LogP contribution in [0.5, 0.6) is 11.5 Å². The molecular formula is C37H32N6O15S4. The van der Waals surface area contributed by atoms with Gasteiger partial charge in [0, 0.05) is 32.7 Å². The van der Waals surface area contributed by atoms with Gasteiger partial charge >= 0.3 is 6.03 Å². The summed E-state index contributed by atoms with van der Waals surface area (Å²) in [4.78, 5) is 12.9. The van der Waals surface area contributed by atoms with Gasteiger partial charge in [0.15, 0.2) is 0 Å². The van der Waals surface area contributed by atoms with Crippen LogP contribution in [0.2, 0.25) is 0 Å². The molecule has 2 amide bonds. The zero-order valence-electron chi connectivity index (χ0n) is 32.3. The third-order valence-corrected chi connectivity index (χ3v) is 11.6. The molecule has 0 aliphatic heterocycles. The fourth-order valence-electron chi connectivity index (χ4n) is 5.94. The second-order valence-electron chi connectivity index (χ2n) is 12.7. The molecule has 0 aliphatic rings. The van der Waals surface area contributed by atoms with E-state index in [1.807, 2.05) is 0 Å². The quantitative estimate of drug-likeness (QED) is 0.0173. The van der Waals surface area contributed by atoms with Crippen molar-refractivity contribution in [2.75, 3.05) is 24.9 Å². The molecule has 0 radical (unpaired) electrons. The van der Waals surface area contributed by atoms with Crippen LogP contribution in [0.25, 0.3) is 21.5 Å². The van der Waals surface area contributed by atoms with Crippen molar-refractivity contribution in [1.29, 1.82) is 0 Å². The molecule has 6 rings (SSSR count). The lowest BCUT2D eigenvalue weighted by Crippen LogP contribution is -2.20. The highest BCUT2D eigenvalue weighted by atomic mass is 32.2. The van der Waals surface area contributed by atoms with Gasteiger partial charge in [-0.15, -0.1) is 8.67 Å². The second kappa shape index (κ2) is 19.5. The fraction of sp³-hybridized carbons (Fsp3) is 0.108. The number of aryl methyl sites for hydroxylation is 2. The molecule has 0 heterocycles. The average Bonchev–Trinajstić information content (AvgIpc) is 3.22. The van der Waals surface area contributed by atoms with Crippen molar-refractivity contribution in [3.63, 3.8) is 0 Å². The van der Waals surface area contributed by atoms with E-state index < -0.39 is 36.1 Å². The van der Waals surface area contributed by atoms with Gasteiger partial charge in [0.25, 0.3) is 20.2 Å². The van der Waals surface area contributed by atoms with Crippen LogP contribution in [0, 0.1) is 13.8 Å². The minimum absolute atomic E-state index is 0.143. The first-order valence-electron chi connectivity index (χ1n) is 17.2. The predicted octanol–water partition coefficient (Wildman–Crippen LogP) is 10.5. The number of methoxy groups -OCH3 is 2. The average molecular weight is 929 g/mol. The molecule has 0 unspecified atom stereocenters. The topological polar surface area (TPSA) is 295 Å². The first-order chi connectivity index (χ1) is 29.5. The van der Waals surface area contributed by atoms with Gasteiger partial charge < -0.3 is 20.1 Å². The van der Waals surface area contributed by atoms with Crippen LogP contribution in [0.4, 0.5) is 38.9 Å². The molecule has 21 nitrogen and oxygen atoms in total. The van der Waals surface area contributed by atoms with Crippen molar-refractivity contribution < 1.29 is 69.5 Å². The Labute approximate surface area is 360 Å². The molecule has 0 aliphatic carbocycles. The molecule has 62 heavy (non-hydrogen) atoms. The Morgan fingerprint density at radius 2 is 1.05 bits per heavy atom. The lowest BCUT2D eigenvalue weighted by molar-refractivity contribution is -0.432. The maximum absolute atomic E-state index is 13.3. The van der Waals surface area contributed by atoms with Crippen LogP contribution < -0.4 is 20.1 Å². The van der Waals surface area contributed by atoms with E-state index in [0.717, 1.165) is 12.1 Å². The molecule has 6 aromatic carbocycles. The maximum Gasteiger partial charge on any atom is 0.323 e. The number of benzene rings is 6. The Morgan fingerprint density at radius 1 is 0.581 bits per heavy atom. The summed E-state index contributed by atoms with van der Waals surface area (Å²) < 4.78 is 88.0. The van der Waals surface area contributed by atoms with E-state index in [2.05, 4.69) is 49.8 Å². The summed E-state index contributed by atoms with van der Waals surface area (Å²) in [6.45, 7) is 3.45. The van der Waals surface area contributed by atoms with Crippen molar-refractivity contribution in [3.8, 4) is 11.5 Å². The minimum atomic E-state index is -4.69. The summed E-state index contributed by atoms with van der Waals surface area (Å²) >= 11 is 1.03. The van der Waals surface area contributed by atoms with Gasteiger partial charge in [-0.1, -0.05) is 22.2 Å². The largest absolute Gasteiger partial charge is 0.494 e. The number of ether oxygens (including phenoxy) is 2. The summed E-state index contributed by atoms with van der Waals surface area (Å²) in [5.41, 5.74) is 3.05. The number of fused-ring (bicyclic) bond motifs is 2. The number of nitrogens with zero attached hydrogens (tertiary/aromatic N) is 4. The van der Waals surface area contributed by atoms with Crippen LogP contribution in [0.3, 0.4) is 0 Å². The number of anilines is 2. The number of rotatable bonds is 16. The summed E-state index contributed by atoms with van der Waals surface area (Å²) in [5, 5.41) is 47.8. The van der Waals surface area contributed by atoms with Crippen LogP contribution in [-0.4, -0.2) is 56.7 Å². The molecule has 0 fully saturated rings. The standard InChI is InChI=1S/C37H32N6O15S4/c1-19-9-31(33(53-3)17-29(19)42-40-23-7-8-27-22(11-23)13-26(60-58-56-46)15-35(27)61(47,48)49)38-37(44)39-32-10-20(2)30(18-34(32)54-4)43-41-24-6-5-21-12-25(59-57-55-45)16-36(28(21)14-24)62(50,51)52/h5-18,45-46H,1-4H3,(H2,38,39,44)(H,47,48,49)(H,50,51,52). The van der Waals surface area contributed by atoms with Crippen LogP contribution >= 0.6 is 24.1 Å².